The first kappa shape index (κ1) is 22.0. The average molecular weight is 443 g/mol. The molecule has 0 unspecified atom stereocenters. The summed E-state index contributed by atoms with van der Waals surface area (Å²) in [7, 11) is 0. The molecule has 0 aliphatic heterocycles. The van der Waals surface area contributed by atoms with Crippen molar-refractivity contribution in [2.45, 2.75) is 12.4 Å². The Morgan fingerprint density at radius 2 is 1.55 bits per heavy atom. The maximum absolute atomic E-state index is 13.9. The van der Waals surface area contributed by atoms with Gasteiger partial charge in [-0.2, -0.15) is 31.4 Å². The summed E-state index contributed by atoms with van der Waals surface area (Å²) in [5.74, 6) is -1.63. The van der Waals surface area contributed by atoms with Crippen LogP contribution in [0.3, 0.4) is 0 Å². The van der Waals surface area contributed by atoms with Gasteiger partial charge in [-0.15, -0.1) is 0 Å². The van der Waals surface area contributed by atoms with Crippen LogP contribution in [0.4, 0.5) is 35.1 Å². The fourth-order valence-electron chi connectivity index (χ4n) is 2.65. The lowest BCUT2D eigenvalue weighted by atomic mass is 10.1. The lowest BCUT2D eigenvalue weighted by molar-refractivity contribution is -0.143. The molecule has 0 aliphatic rings. The van der Waals surface area contributed by atoms with E-state index in [2.05, 4.69) is 9.94 Å². The largest absolute Gasteiger partial charge is 0.435 e. The molecule has 0 aliphatic carbocycles. The molecule has 0 fully saturated rings. The Hall–Kier alpha value is -3.68. The molecule has 0 saturated heterocycles. The van der Waals surface area contributed by atoms with Gasteiger partial charge in [-0.3, -0.25) is 0 Å². The van der Waals surface area contributed by atoms with Gasteiger partial charge in [0, 0.05) is 11.6 Å². The number of alkyl halides is 6. The lowest BCUT2D eigenvalue weighted by Crippen LogP contribution is -2.13. The molecule has 0 amide bonds. The van der Waals surface area contributed by atoms with Crippen molar-refractivity contribution in [1.82, 2.24) is 9.78 Å². The SMILES string of the molecule is [C-]#[N+]/C(=C\c1ccc(-n2nc(C(F)(F)F)cc2C(F)(F)F)cc1)c1cc(F)ccc1F. The second-order valence-corrected chi connectivity index (χ2v) is 6.18. The zero-order valence-electron chi connectivity index (χ0n) is 15.1. The maximum Gasteiger partial charge on any atom is 0.435 e. The van der Waals surface area contributed by atoms with Crippen LogP contribution >= 0.6 is 0 Å². The summed E-state index contributed by atoms with van der Waals surface area (Å²) in [5.41, 5.74) is -4.02. The molecule has 31 heavy (non-hydrogen) atoms. The zero-order chi connectivity index (χ0) is 23.0. The molecular weight excluding hydrogens is 434 g/mol. The van der Waals surface area contributed by atoms with E-state index in [1.165, 1.54) is 12.1 Å². The standard InChI is InChI=1S/C20H9F8N3/c1-29-16(14-9-12(21)4-7-15(14)22)8-11-2-5-13(6-3-11)31-18(20(26,27)28)10-17(30-31)19(23,24)25/h2-10H/b16-8-. The molecule has 0 spiro atoms. The molecule has 1 heterocycles. The van der Waals surface area contributed by atoms with Gasteiger partial charge in [-0.05, 0) is 42.0 Å². The van der Waals surface area contributed by atoms with E-state index in [0.717, 1.165) is 36.4 Å². The van der Waals surface area contributed by atoms with Crippen LogP contribution in [0.15, 0.2) is 48.5 Å². The summed E-state index contributed by atoms with van der Waals surface area (Å²) in [6, 6.07) is 6.92. The van der Waals surface area contributed by atoms with Crippen LogP contribution in [0.1, 0.15) is 22.5 Å². The quantitative estimate of drug-likeness (QED) is 0.254. The fraction of sp³-hybridized carbons (Fsp3) is 0.100. The summed E-state index contributed by atoms with van der Waals surface area (Å²) < 4.78 is 105. The molecule has 0 N–H and O–H groups in total. The van der Waals surface area contributed by atoms with Gasteiger partial charge in [0.2, 0.25) is 0 Å². The van der Waals surface area contributed by atoms with Crippen LogP contribution in [-0.4, -0.2) is 9.78 Å². The highest BCUT2D eigenvalue weighted by Crippen LogP contribution is 2.36. The van der Waals surface area contributed by atoms with Crippen molar-refractivity contribution < 1.29 is 35.1 Å². The van der Waals surface area contributed by atoms with E-state index in [0.29, 0.717) is 0 Å². The summed E-state index contributed by atoms with van der Waals surface area (Å²) in [6.07, 6.45) is -9.02. The van der Waals surface area contributed by atoms with E-state index in [1.807, 2.05) is 0 Å². The van der Waals surface area contributed by atoms with Crippen molar-refractivity contribution in [1.29, 1.82) is 0 Å². The van der Waals surface area contributed by atoms with E-state index < -0.39 is 35.4 Å². The Kier molecular flexibility index (Phi) is 5.59. The van der Waals surface area contributed by atoms with Crippen LogP contribution in [0.2, 0.25) is 0 Å². The van der Waals surface area contributed by atoms with E-state index in [1.54, 1.807) is 0 Å². The van der Waals surface area contributed by atoms with Gasteiger partial charge >= 0.3 is 12.4 Å². The number of nitrogens with zero attached hydrogens (tertiary/aromatic N) is 3. The molecular formula is C20H9F8N3. The second kappa shape index (κ2) is 7.86. The summed E-state index contributed by atoms with van der Waals surface area (Å²) in [5, 5.41) is 3.01. The predicted molar refractivity (Wildman–Crippen MR) is 94.4 cm³/mol. The molecule has 2 aromatic carbocycles. The number of hydrogen-bond acceptors (Lipinski definition) is 1. The monoisotopic (exact) mass is 443 g/mol. The van der Waals surface area contributed by atoms with Gasteiger partial charge in [0.15, 0.2) is 11.4 Å². The smallest absolute Gasteiger partial charge is 0.237 e. The van der Waals surface area contributed by atoms with Gasteiger partial charge in [0.25, 0.3) is 0 Å². The van der Waals surface area contributed by atoms with Crippen molar-refractivity contribution >= 4 is 11.8 Å². The molecule has 0 saturated carbocycles. The average Bonchev–Trinajstić information content (AvgIpc) is 3.15. The third kappa shape index (κ3) is 4.74. The Labute approximate surface area is 169 Å². The topological polar surface area (TPSA) is 22.2 Å². The van der Waals surface area contributed by atoms with Crippen LogP contribution < -0.4 is 0 Å². The maximum atomic E-state index is 13.9. The Balaban J connectivity index is 2.02. The highest BCUT2D eigenvalue weighted by atomic mass is 19.4. The van der Waals surface area contributed by atoms with Crippen molar-refractivity contribution in [3.63, 3.8) is 0 Å². The Bertz CT molecular complexity index is 1180. The number of rotatable bonds is 3. The molecule has 3 rings (SSSR count). The molecule has 0 atom stereocenters. The van der Waals surface area contributed by atoms with Gasteiger partial charge in [-0.1, -0.05) is 12.1 Å². The van der Waals surface area contributed by atoms with E-state index in [9.17, 15) is 35.1 Å². The number of halogens is 8. The Morgan fingerprint density at radius 1 is 0.903 bits per heavy atom. The number of hydrogen-bond donors (Lipinski definition) is 0. The number of aromatic nitrogens is 2. The highest BCUT2D eigenvalue weighted by Gasteiger charge is 2.42. The Morgan fingerprint density at radius 3 is 2.10 bits per heavy atom. The lowest BCUT2D eigenvalue weighted by Gasteiger charge is -2.10. The van der Waals surface area contributed by atoms with E-state index >= 15 is 0 Å². The summed E-state index contributed by atoms with van der Waals surface area (Å²) in [4.78, 5) is 3.13. The normalized spacial score (nSPS) is 12.7. The second-order valence-electron chi connectivity index (χ2n) is 6.18. The van der Waals surface area contributed by atoms with Gasteiger partial charge in [0.05, 0.1) is 12.3 Å². The zero-order valence-corrected chi connectivity index (χ0v) is 15.1. The van der Waals surface area contributed by atoms with Crippen molar-refractivity contribution in [2.75, 3.05) is 0 Å². The minimum Gasteiger partial charge on any atom is -0.237 e. The first-order chi connectivity index (χ1) is 14.4. The molecule has 3 nitrogen and oxygen atoms in total. The third-order valence-electron chi connectivity index (χ3n) is 4.06. The first-order valence-electron chi connectivity index (χ1n) is 8.29. The van der Waals surface area contributed by atoms with Gasteiger partial charge in [0.1, 0.15) is 17.3 Å². The minimum absolute atomic E-state index is 0.0996. The van der Waals surface area contributed by atoms with Crippen molar-refractivity contribution in [2.24, 2.45) is 0 Å². The molecule has 160 valence electrons. The fourth-order valence-corrected chi connectivity index (χ4v) is 2.65. The van der Waals surface area contributed by atoms with Crippen LogP contribution in [0.25, 0.3) is 22.3 Å². The van der Waals surface area contributed by atoms with Crippen molar-refractivity contribution in [3.05, 3.63) is 94.1 Å². The van der Waals surface area contributed by atoms with Crippen LogP contribution in [-0.2, 0) is 12.4 Å². The first-order valence-corrected chi connectivity index (χ1v) is 8.29. The third-order valence-corrected chi connectivity index (χ3v) is 4.06. The van der Waals surface area contributed by atoms with E-state index in [-0.39, 0.29) is 33.3 Å². The highest BCUT2D eigenvalue weighted by molar-refractivity contribution is 5.85. The molecule has 3 aromatic rings. The van der Waals surface area contributed by atoms with Crippen LogP contribution in [0, 0.1) is 18.2 Å². The minimum atomic E-state index is -5.10. The predicted octanol–water partition coefficient (Wildman–Crippen LogP) is 6.61. The molecule has 0 bridgehead atoms. The molecule has 0 radical (unpaired) electrons. The van der Waals surface area contributed by atoms with Gasteiger partial charge in [-0.25, -0.2) is 18.3 Å². The van der Waals surface area contributed by atoms with Crippen molar-refractivity contribution in [3.8, 4) is 5.69 Å². The molecule has 11 heteroatoms. The van der Waals surface area contributed by atoms with Crippen LogP contribution in [0.5, 0.6) is 0 Å². The van der Waals surface area contributed by atoms with E-state index in [4.69, 9.17) is 6.57 Å². The number of benzene rings is 2. The molecule has 1 aromatic heterocycles. The van der Waals surface area contributed by atoms with Gasteiger partial charge < -0.3 is 0 Å². The summed E-state index contributed by atoms with van der Waals surface area (Å²) >= 11 is 0. The summed E-state index contributed by atoms with van der Waals surface area (Å²) in [6.45, 7) is 7.17.